The average Bonchev–Trinajstić information content (AvgIpc) is 3.07. The van der Waals surface area contributed by atoms with Crippen LogP contribution in [0.3, 0.4) is 0 Å². The van der Waals surface area contributed by atoms with Crippen LogP contribution in [0.2, 0.25) is 0 Å². The number of nitrogens with zero attached hydrogens (tertiary/aromatic N) is 2. The average molecular weight is 499 g/mol. The van der Waals surface area contributed by atoms with Gasteiger partial charge in [0.2, 0.25) is 20.0 Å². The summed E-state index contributed by atoms with van der Waals surface area (Å²) >= 11 is 0.800. The Morgan fingerprint density at radius 3 is 2.06 bits per heavy atom. The van der Waals surface area contributed by atoms with Crippen molar-refractivity contribution in [3.63, 3.8) is 0 Å². The standard InChI is InChI=1S/C20H19FN2O6S3/c1-4-29-20(24)17-16(13-5-7-15(21)8-6-13)18(14-9-11-22-12-10-14)30-19(17)23(31(2,25)26)32(3,27)28/h5-12H,4H2,1-3H3. The third kappa shape index (κ3) is 4.81. The number of pyridine rings is 1. The summed E-state index contributed by atoms with van der Waals surface area (Å²) < 4.78 is 68.9. The van der Waals surface area contributed by atoms with Crippen LogP contribution in [0.1, 0.15) is 17.3 Å². The van der Waals surface area contributed by atoms with Crippen molar-refractivity contribution >= 4 is 42.4 Å². The molecule has 8 nitrogen and oxygen atoms in total. The number of rotatable bonds is 7. The molecule has 0 saturated carbocycles. The molecule has 3 aromatic rings. The minimum atomic E-state index is -4.35. The lowest BCUT2D eigenvalue weighted by atomic mass is 9.98. The third-order valence-electron chi connectivity index (χ3n) is 4.21. The number of thiophene rings is 1. The smallest absolute Gasteiger partial charge is 0.341 e. The minimum absolute atomic E-state index is 0.0285. The first-order valence-electron chi connectivity index (χ1n) is 9.15. The van der Waals surface area contributed by atoms with Crippen molar-refractivity contribution in [2.75, 3.05) is 22.8 Å². The zero-order valence-electron chi connectivity index (χ0n) is 17.3. The lowest BCUT2D eigenvalue weighted by Crippen LogP contribution is -2.35. The number of ether oxygens (including phenoxy) is 1. The molecule has 0 atom stereocenters. The summed E-state index contributed by atoms with van der Waals surface area (Å²) in [4.78, 5) is 17.4. The van der Waals surface area contributed by atoms with Gasteiger partial charge in [-0.15, -0.1) is 11.3 Å². The third-order valence-corrected chi connectivity index (χ3v) is 8.86. The lowest BCUT2D eigenvalue weighted by Gasteiger charge is -2.19. The zero-order valence-corrected chi connectivity index (χ0v) is 19.7. The van der Waals surface area contributed by atoms with Crippen molar-refractivity contribution in [2.45, 2.75) is 6.92 Å². The van der Waals surface area contributed by atoms with Gasteiger partial charge in [-0.1, -0.05) is 12.1 Å². The monoisotopic (exact) mass is 498 g/mol. The van der Waals surface area contributed by atoms with E-state index in [4.69, 9.17) is 4.74 Å². The van der Waals surface area contributed by atoms with E-state index in [2.05, 4.69) is 4.98 Å². The number of hydrogen-bond acceptors (Lipinski definition) is 8. The first-order valence-corrected chi connectivity index (χ1v) is 13.7. The molecule has 0 aliphatic rings. The molecule has 2 heterocycles. The largest absolute Gasteiger partial charge is 0.462 e. The van der Waals surface area contributed by atoms with E-state index in [0.29, 0.717) is 16.0 Å². The SMILES string of the molecule is CCOC(=O)c1c(N(S(C)(=O)=O)S(C)(=O)=O)sc(-c2ccncc2)c1-c1ccc(F)cc1. The number of sulfonamides is 2. The van der Waals surface area contributed by atoms with Crippen molar-refractivity contribution in [1.82, 2.24) is 4.98 Å². The number of halogens is 1. The molecule has 0 radical (unpaired) electrons. The molecule has 0 N–H and O–H groups in total. The summed E-state index contributed by atoms with van der Waals surface area (Å²) in [7, 11) is -8.69. The summed E-state index contributed by atoms with van der Waals surface area (Å²) in [6.45, 7) is 1.54. The first-order chi connectivity index (χ1) is 14.9. The summed E-state index contributed by atoms with van der Waals surface area (Å²) in [5, 5.41) is -0.334. The van der Waals surface area contributed by atoms with E-state index in [-0.39, 0.29) is 26.4 Å². The Balaban J connectivity index is 2.50. The van der Waals surface area contributed by atoms with E-state index in [9.17, 15) is 26.0 Å². The van der Waals surface area contributed by atoms with Gasteiger partial charge in [0.05, 0.1) is 19.1 Å². The summed E-state index contributed by atoms with van der Waals surface area (Å²) in [6, 6.07) is 8.46. The van der Waals surface area contributed by atoms with E-state index >= 15 is 0 Å². The highest BCUT2D eigenvalue weighted by atomic mass is 32.3. The van der Waals surface area contributed by atoms with Crippen LogP contribution in [0.5, 0.6) is 0 Å². The maximum absolute atomic E-state index is 13.6. The molecule has 0 aliphatic carbocycles. The quantitative estimate of drug-likeness (QED) is 0.458. The van der Waals surface area contributed by atoms with Crippen LogP contribution in [0.25, 0.3) is 21.6 Å². The molecule has 32 heavy (non-hydrogen) atoms. The van der Waals surface area contributed by atoms with Crippen LogP contribution < -0.4 is 3.71 Å². The predicted octanol–water partition coefficient (Wildman–Crippen LogP) is 3.52. The van der Waals surface area contributed by atoms with Gasteiger partial charge in [-0.05, 0) is 42.3 Å². The minimum Gasteiger partial charge on any atom is -0.462 e. The van der Waals surface area contributed by atoms with E-state index in [1.165, 1.54) is 36.7 Å². The van der Waals surface area contributed by atoms with E-state index < -0.39 is 31.8 Å². The van der Waals surface area contributed by atoms with Crippen molar-refractivity contribution in [2.24, 2.45) is 0 Å². The topological polar surface area (TPSA) is 111 Å². The van der Waals surface area contributed by atoms with Gasteiger partial charge in [-0.25, -0.2) is 26.0 Å². The highest BCUT2D eigenvalue weighted by molar-refractivity contribution is 8.09. The van der Waals surface area contributed by atoms with Crippen molar-refractivity contribution in [3.05, 3.63) is 60.2 Å². The van der Waals surface area contributed by atoms with Crippen LogP contribution in [0, 0.1) is 5.82 Å². The molecule has 0 bridgehead atoms. The van der Waals surface area contributed by atoms with E-state index in [1.54, 1.807) is 19.1 Å². The number of benzene rings is 1. The molecule has 12 heteroatoms. The normalized spacial score (nSPS) is 11.9. The Labute approximate surface area is 189 Å². The molecule has 2 aromatic heterocycles. The van der Waals surface area contributed by atoms with Gasteiger partial charge in [0, 0.05) is 22.8 Å². The fourth-order valence-electron chi connectivity index (χ4n) is 3.09. The molecule has 0 unspecified atom stereocenters. The molecule has 0 spiro atoms. The van der Waals surface area contributed by atoms with Crippen LogP contribution in [0.15, 0.2) is 48.8 Å². The van der Waals surface area contributed by atoms with Crippen molar-refractivity contribution in [1.29, 1.82) is 0 Å². The molecule has 1 aromatic carbocycles. The Kier molecular flexibility index (Phi) is 6.67. The molecule has 3 rings (SSSR count). The summed E-state index contributed by atoms with van der Waals surface area (Å²) in [5.41, 5.74) is 0.923. The molecule has 0 aliphatic heterocycles. The van der Waals surface area contributed by atoms with Crippen LogP contribution >= 0.6 is 11.3 Å². The van der Waals surface area contributed by atoms with E-state index in [0.717, 1.165) is 23.8 Å². The fraction of sp³-hybridized carbons (Fsp3) is 0.200. The fourth-order valence-corrected chi connectivity index (χ4v) is 8.01. The highest BCUT2D eigenvalue weighted by Crippen LogP contribution is 2.48. The molecule has 0 saturated heterocycles. The molecular formula is C20H19FN2O6S3. The Hall–Kier alpha value is -2.83. The zero-order chi connectivity index (χ0) is 23.7. The number of hydrogen-bond donors (Lipinski definition) is 0. The van der Waals surface area contributed by atoms with Gasteiger partial charge in [0.25, 0.3) is 0 Å². The van der Waals surface area contributed by atoms with Crippen LogP contribution in [-0.4, -0.2) is 46.9 Å². The van der Waals surface area contributed by atoms with Gasteiger partial charge in [-0.3, -0.25) is 4.98 Å². The summed E-state index contributed by atoms with van der Waals surface area (Å²) in [6.07, 6.45) is 4.45. The van der Waals surface area contributed by atoms with E-state index in [1.807, 2.05) is 0 Å². The van der Waals surface area contributed by atoms with Crippen LogP contribution in [-0.2, 0) is 24.8 Å². The predicted molar refractivity (Wildman–Crippen MR) is 121 cm³/mol. The second-order valence-electron chi connectivity index (χ2n) is 6.67. The highest BCUT2D eigenvalue weighted by Gasteiger charge is 2.37. The number of aromatic nitrogens is 1. The maximum Gasteiger partial charge on any atom is 0.341 e. The Bertz CT molecular complexity index is 1320. The Morgan fingerprint density at radius 1 is 1.00 bits per heavy atom. The van der Waals surface area contributed by atoms with Gasteiger partial charge < -0.3 is 4.74 Å². The molecule has 0 amide bonds. The lowest BCUT2D eigenvalue weighted by molar-refractivity contribution is 0.0529. The second kappa shape index (κ2) is 8.96. The van der Waals surface area contributed by atoms with Gasteiger partial charge >= 0.3 is 5.97 Å². The molecule has 170 valence electrons. The van der Waals surface area contributed by atoms with Gasteiger partial charge in [0.15, 0.2) is 0 Å². The molecule has 0 fully saturated rings. The number of carbonyl (C=O) groups excluding carboxylic acids is 1. The van der Waals surface area contributed by atoms with Crippen LogP contribution in [0.4, 0.5) is 9.39 Å². The van der Waals surface area contributed by atoms with Gasteiger partial charge in [-0.2, -0.15) is 3.71 Å². The Morgan fingerprint density at radius 2 is 1.56 bits per heavy atom. The first kappa shape index (κ1) is 23.8. The van der Waals surface area contributed by atoms with Crippen molar-refractivity contribution in [3.8, 4) is 21.6 Å². The van der Waals surface area contributed by atoms with Gasteiger partial charge in [0.1, 0.15) is 16.4 Å². The number of anilines is 1. The second-order valence-corrected chi connectivity index (χ2v) is 11.6. The number of carbonyl (C=O) groups is 1. The molecular weight excluding hydrogens is 479 g/mol. The van der Waals surface area contributed by atoms with Crippen molar-refractivity contribution < 1.29 is 30.8 Å². The maximum atomic E-state index is 13.6. The summed E-state index contributed by atoms with van der Waals surface area (Å²) in [5.74, 6) is -1.42. The number of esters is 1.